The maximum atomic E-state index is 11.9. The molecule has 0 aliphatic carbocycles. The second kappa shape index (κ2) is 7.63. The van der Waals surface area contributed by atoms with Crippen molar-refractivity contribution in [1.82, 2.24) is 15.8 Å². The third-order valence-electron chi connectivity index (χ3n) is 3.39. The molecule has 2 aromatic heterocycles. The molecule has 0 spiro atoms. The van der Waals surface area contributed by atoms with E-state index in [1.807, 2.05) is 13.0 Å². The minimum absolute atomic E-state index is 0.0673. The average Bonchev–Trinajstić information content (AvgIpc) is 3.13. The Morgan fingerprint density at radius 3 is 2.73 bits per heavy atom. The Labute approximate surface area is 158 Å². The molecule has 0 saturated carbocycles. The zero-order chi connectivity index (χ0) is 18.7. The van der Waals surface area contributed by atoms with Crippen LogP contribution in [0.1, 0.15) is 16.2 Å². The molecule has 2 N–H and O–H groups in total. The predicted octanol–water partition coefficient (Wildman–Crippen LogP) is 3.28. The molecule has 2 heterocycles. The monoisotopic (exact) mass is 393 g/mol. The van der Waals surface area contributed by atoms with E-state index in [0.29, 0.717) is 15.9 Å². The van der Waals surface area contributed by atoms with Crippen LogP contribution in [0.5, 0.6) is 5.75 Å². The molecule has 7 nitrogen and oxygen atoms in total. The van der Waals surface area contributed by atoms with Crippen LogP contribution in [0.3, 0.4) is 0 Å². The summed E-state index contributed by atoms with van der Waals surface area (Å²) < 4.78 is 10.4. The summed E-state index contributed by atoms with van der Waals surface area (Å²) in [7, 11) is 0. The molecule has 3 rings (SSSR count). The summed E-state index contributed by atoms with van der Waals surface area (Å²) in [6.45, 7) is 1.43. The van der Waals surface area contributed by atoms with Gasteiger partial charge in [0.15, 0.2) is 18.1 Å². The fourth-order valence-corrected chi connectivity index (χ4v) is 2.77. The first-order valence-electron chi connectivity index (χ1n) is 7.46. The zero-order valence-electron chi connectivity index (χ0n) is 13.5. The number of fused-ring (bicyclic) bond motifs is 1. The summed E-state index contributed by atoms with van der Waals surface area (Å²) in [6.07, 6.45) is 1.35. The van der Waals surface area contributed by atoms with Crippen LogP contribution in [0.4, 0.5) is 0 Å². The van der Waals surface area contributed by atoms with E-state index >= 15 is 0 Å². The Morgan fingerprint density at radius 1 is 1.19 bits per heavy atom. The maximum absolute atomic E-state index is 11.9. The Kier molecular flexibility index (Phi) is 5.29. The average molecular weight is 394 g/mol. The molecular formula is C17H13Cl2N3O4. The van der Waals surface area contributed by atoms with Crippen LogP contribution < -0.4 is 15.6 Å². The van der Waals surface area contributed by atoms with Crippen LogP contribution in [-0.4, -0.2) is 23.4 Å². The molecule has 2 amide bonds. The van der Waals surface area contributed by atoms with Crippen molar-refractivity contribution in [3.05, 3.63) is 58.1 Å². The first-order valence-corrected chi connectivity index (χ1v) is 8.22. The standard InChI is InChI=1S/C17H13Cl2N3O4/c1-9-4-5-10-11(18)7-12(19)16(15(10)20-9)26-8-14(23)21-22-17(24)13-3-2-6-25-13/h2-7H,8H2,1H3,(H,21,23)(H,22,24). The number of halogens is 2. The number of hydrogen-bond acceptors (Lipinski definition) is 5. The lowest BCUT2D eigenvalue weighted by atomic mass is 10.2. The summed E-state index contributed by atoms with van der Waals surface area (Å²) in [4.78, 5) is 28.0. The highest BCUT2D eigenvalue weighted by molar-refractivity contribution is 6.39. The normalized spacial score (nSPS) is 10.6. The SMILES string of the molecule is Cc1ccc2c(Cl)cc(Cl)c(OCC(=O)NNC(=O)c3ccco3)c2n1. The minimum atomic E-state index is -0.587. The number of benzene rings is 1. The van der Waals surface area contributed by atoms with Gasteiger partial charge in [0, 0.05) is 11.1 Å². The number of nitrogens with zero attached hydrogens (tertiary/aromatic N) is 1. The topological polar surface area (TPSA) is 93.5 Å². The van der Waals surface area contributed by atoms with Gasteiger partial charge in [0.1, 0.15) is 5.52 Å². The smallest absolute Gasteiger partial charge is 0.305 e. The molecule has 0 aliphatic rings. The van der Waals surface area contributed by atoms with Crippen molar-refractivity contribution < 1.29 is 18.7 Å². The molecule has 0 bridgehead atoms. The van der Waals surface area contributed by atoms with E-state index < -0.39 is 11.8 Å². The van der Waals surface area contributed by atoms with Crippen LogP contribution >= 0.6 is 23.2 Å². The largest absolute Gasteiger partial charge is 0.480 e. The van der Waals surface area contributed by atoms with Crippen LogP contribution in [0, 0.1) is 6.92 Å². The van der Waals surface area contributed by atoms with Gasteiger partial charge >= 0.3 is 5.91 Å². The van der Waals surface area contributed by atoms with Crippen molar-refractivity contribution in [3.8, 4) is 5.75 Å². The number of hydrogen-bond donors (Lipinski definition) is 2. The Morgan fingerprint density at radius 2 is 2.00 bits per heavy atom. The summed E-state index contributed by atoms with van der Waals surface area (Å²) in [5, 5.41) is 1.32. The summed E-state index contributed by atoms with van der Waals surface area (Å²) in [6, 6.07) is 8.15. The highest BCUT2D eigenvalue weighted by Gasteiger charge is 2.15. The molecule has 0 aliphatic heterocycles. The zero-order valence-corrected chi connectivity index (χ0v) is 15.0. The number of aromatic nitrogens is 1. The quantitative estimate of drug-likeness (QED) is 0.663. The summed E-state index contributed by atoms with van der Waals surface area (Å²) in [5.74, 6) is -0.868. The lowest BCUT2D eigenvalue weighted by Gasteiger charge is -2.12. The van der Waals surface area contributed by atoms with Gasteiger partial charge in [0.05, 0.1) is 16.3 Å². The Balaban J connectivity index is 1.68. The van der Waals surface area contributed by atoms with Gasteiger partial charge in [-0.3, -0.25) is 20.4 Å². The van der Waals surface area contributed by atoms with Crippen molar-refractivity contribution in [3.63, 3.8) is 0 Å². The molecule has 26 heavy (non-hydrogen) atoms. The third kappa shape index (κ3) is 3.89. The van der Waals surface area contributed by atoms with E-state index in [9.17, 15) is 9.59 Å². The van der Waals surface area contributed by atoms with E-state index in [1.54, 1.807) is 12.1 Å². The van der Waals surface area contributed by atoms with Crippen LogP contribution in [-0.2, 0) is 4.79 Å². The number of hydrazine groups is 1. The van der Waals surface area contributed by atoms with E-state index in [-0.39, 0.29) is 23.1 Å². The van der Waals surface area contributed by atoms with Gasteiger partial charge in [0.25, 0.3) is 5.91 Å². The van der Waals surface area contributed by atoms with Crippen LogP contribution in [0.2, 0.25) is 10.0 Å². The number of carbonyl (C=O) groups is 2. The van der Waals surface area contributed by atoms with Gasteiger partial charge in [-0.05, 0) is 37.3 Å². The van der Waals surface area contributed by atoms with Gasteiger partial charge in [-0.25, -0.2) is 4.98 Å². The Bertz CT molecular complexity index is 974. The lowest BCUT2D eigenvalue weighted by molar-refractivity contribution is -0.123. The summed E-state index contributed by atoms with van der Waals surface area (Å²) >= 11 is 12.3. The molecule has 0 fully saturated rings. The van der Waals surface area contributed by atoms with Crippen molar-refractivity contribution in [2.45, 2.75) is 6.92 Å². The number of aryl methyl sites for hydroxylation is 1. The van der Waals surface area contributed by atoms with E-state index in [1.165, 1.54) is 18.4 Å². The number of ether oxygens (including phenoxy) is 1. The molecule has 3 aromatic rings. The first kappa shape index (κ1) is 18.0. The summed E-state index contributed by atoms with van der Waals surface area (Å²) in [5.41, 5.74) is 5.63. The fraction of sp³-hybridized carbons (Fsp3) is 0.118. The predicted molar refractivity (Wildman–Crippen MR) is 96.3 cm³/mol. The van der Waals surface area contributed by atoms with Crippen molar-refractivity contribution in [2.24, 2.45) is 0 Å². The van der Waals surface area contributed by atoms with Crippen molar-refractivity contribution in [2.75, 3.05) is 6.61 Å². The van der Waals surface area contributed by atoms with E-state index in [2.05, 4.69) is 15.8 Å². The third-order valence-corrected chi connectivity index (χ3v) is 3.98. The van der Waals surface area contributed by atoms with E-state index in [4.69, 9.17) is 32.4 Å². The van der Waals surface area contributed by atoms with Gasteiger partial charge in [-0.2, -0.15) is 0 Å². The number of carbonyl (C=O) groups excluding carboxylic acids is 2. The van der Waals surface area contributed by atoms with Crippen LogP contribution in [0.15, 0.2) is 41.0 Å². The number of pyridine rings is 1. The molecule has 0 unspecified atom stereocenters. The molecule has 134 valence electrons. The molecule has 0 atom stereocenters. The molecule has 0 radical (unpaired) electrons. The first-order chi connectivity index (χ1) is 12.5. The number of rotatable bonds is 4. The number of furan rings is 1. The second-order valence-corrected chi connectivity index (χ2v) is 6.10. The fourth-order valence-electron chi connectivity index (χ4n) is 2.20. The highest BCUT2D eigenvalue weighted by Crippen LogP contribution is 2.37. The number of amides is 2. The van der Waals surface area contributed by atoms with Crippen molar-refractivity contribution >= 4 is 45.9 Å². The van der Waals surface area contributed by atoms with Gasteiger partial charge in [-0.1, -0.05) is 23.2 Å². The minimum Gasteiger partial charge on any atom is -0.480 e. The van der Waals surface area contributed by atoms with Crippen molar-refractivity contribution in [1.29, 1.82) is 0 Å². The van der Waals surface area contributed by atoms with Gasteiger partial charge in [-0.15, -0.1) is 0 Å². The highest BCUT2D eigenvalue weighted by atomic mass is 35.5. The molecule has 1 aromatic carbocycles. The van der Waals surface area contributed by atoms with Gasteiger partial charge < -0.3 is 9.15 Å². The molecule has 9 heteroatoms. The molecular weight excluding hydrogens is 381 g/mol. The second-order valence-electron chi connectivity index (χ2n) is 5.29. The van der Waals surface area contributed by atoms with E-state index in [0.717, 1.165) is 5.69 Å². The lowest BCUT2D eigenvalue weighted by Crippen LogP contribution is -2.43. The van der Waals surface area contributed by atoms with Crippen LogP contribution in [0.25, 0.3) is 10.9 Å². The maximum Gasteiger partial charge on any atom is 0.305 e. The van der Waals surface area contributed by atoms with Gasteiger partial charge in [0.2, 0.25) is 0 Å². The number of nitrogens with one attached hydrogen (secondary N) is 2. The molecule has 0 saturated heterocycles. The Hall–Kier alpha value is -2.77.